The highest BCUT2D eigenvalue weighted by molar-refractivity contribution is 7.90. The van der Waals surface area contributed by atoms with Crippen molar-refractivity contribution >= 4 is 44.0 Å². The number of aromatic nitrogens is 4. The van der Waals surface area contributed by atoms with Crippen molar-refractivity contribution < 1.29 is 12.8 Å². The molecule has 0 bridgehead atoms. The number of aromatic amines is 1. The van der Waals surface area contributed by atoms with E-state index in [-0.39, 0.29) is 16.7 Å². The number of hydrogen-bond acceptors (Lipinski definition) is 7. The smallest absolute Gasteiger partial charge is 0.229 e. The molecular formula is C20H19FN6O2S. The van der Waals surface area contributed by atoms with Gasteiger partial charge < -0.3 is 10.6 Å². The quantitative estimate of drug-likeness (QED) is 0.442. The lowest BCUT2D eigenvalue weighted by Crippen LogP contribution is -2.05. The summed E-state index contributed by atoms with van der Waals surface area (Å²) in [6.07, 6.45) is 2.72. The van der Waals surface area contributed by atoms with E-state index in [0.29, 0.717) is 33.8 Å². The Morgan fingerprint density at radius 1 is 1.03 bits per heavy atom. The van der Waals surface area contributed by atoms with E-state index in [1.54, 1.807) is 37.4 Å². The molecule has 0 saturated heterocycles. The largest absolute Gasteiger partial charge is 0.324 e. The number of halogens is 1. The molecule has 30 heavy (non-hydrogen) atoms. The summed E-state index contributed by atoms with van der Waals surface area (Å²) in [5, 5.41) is 13.7. The first-order chi connectivity index (χ1) is 14.2. The summed E-state index contributed by atoms with van der Waals surface area (Å²) in [6.45, 7) is 3.62. The third-order valence-corrected chi connectivity index (χ3v) is 5.83. The van der Waals surface area contributed by atoms with Gasteiger partial charge in [-0.05, 0) is 55.3 Å². The molecule has 0 aliphatic heterocycles. The van der Waals surface area contributed by atoms with Crippen molar-refractivity contribution in [3.63, 3.8) is 0 Å². The molecule has 8 nitrogen and oxygen atoms in total. The Kier molecular flexibility index (Phi) is 4.86. The molecule has 2 aromatic carbocycles. The third kappa shape index (κ3) is 3.94. The zero-order chi connectivity index (χ0) is 21.5. The minimum absolute atomic E-state index is 0.245. The van der Waals surface area contributed by atoms with Gasteiger partial charge in [0.05, 0.1) is 10.4 Å². The number of aryl methyl sites for hydroxylation is 2. The molecule has 2 aromatic heterocycles. The summed E-state index contributed by atoms with van der Waals surface area (Å²) >= 11 is 0. The molecule has 0 aliphatic rings. The number of nitrogens with one attached hydrogen (secondary N) is 3. The number of fused-ring (bicyclic) bond motifs is 1. The molecule has 0 amide bonds. The Morgan fingerprint density at radius 2 is 1.83 bits per heavy atom. The van der Waals surface area contributed by atoms with Crippen molar-refractivity contribution in [1.29, 1.82) is 0 Å². The summed E-state index contributed by atoms with van der Waals surface area (Å²) < 4.78 is 37.6. The second-order valence-electron chi connectivity index (χ2n) is 6.98. The van der Waals surface area contributed by atoms with E-state index < -0.39 is 9.84 Å². The van der Waals surface area contributed by atoms with Gasteiger partial charge in [-0.2, -0.15) is 10.1 Å². The molecule has 3 N–H and O–H groups in total. The second-order valence-corrected chi connectivity index (χ2v) is 8.97. The van der Waals surface area contributed by atoms with Gasteiger partial charge in [0.1, 0.15) is 11.6 Å². The highest BCUT2D eigenvalue weighted by Crippen LogP contribution is 2.27. The average Bonchev–Trinajstić information content (AvgIpc) is 3.05. The van der Waals surface area contributed by atoms with Crippen LogP contribution in [0.4, 0.5) is 27.7 Å². The van der Waals surface area contributed by atoms with Crippen LogP contribution in [0.5, 0.6) is 0 Å². The molecule has 0 unspecified atom stereocenters. The van der Waals surface area contributed by atoms with E-state index in [4.69, 9.17) is 0 Å². The van der Waals surface area contributed by atoms with Gasteiger partial charge in [0.15, 0.2) is 15.7 Å². The normalized spacial score (nSPS) is 11.6. The minimum atomic E-state index is -3.37. The Labute approximate surface area is 172 Å². The summed E-state index contributed by atoms with van der Waals surface area (Å²) in [5.74, 6) is 0.782. The van der Waals surface area contributed by atoms with Crippen LogP contribution >= 0.6 is 0 Å². The number of benzene rings is 2. The van der Waals surface area contributed by atoms with Crippen molar-refractivity contribution in [2.45, 2.75) is 18.7 Å². The van der Waals surface area contributed by atoms with Crippen molar-refractivity contribution in [2.24, 2.45) is 0 Å². The fraction of sp³-hybridized carbons (Fsp3) is 0.150. The number of sulfone groups is 1. The number of rotatable bonds is 5. The van der Waals surface area contributed by atoms with Crippen LogP contribution in [0, 0.1) is 19.7 Å². The summed E-state index contributed by atoms with van der Waals surface area (Å²) in [6, 6.07) is 9.36. The highest BCUT2D eigenvalue weighted by Gasteiger charge is 2.14. The maximum absolute atomic E-state index is 13.6. The molecule has 0 fully saturated rings. The SMILES string of the molecule is Cc1cc(C)c(S(C)(=O)=O)cc1Nc1nccc(Nc2n[nH]c3ccc(F)cc23)n1. The molecule has 10 heteroatoms. The zero-order valence-corrected chi connectivity index (χ0v) is 17.3. The van der Waals surface area contributed by atoms with Crippen LogP contribution in [0.25, 0.3) is 10.9 Å². The molecule has 0 saturated carbocycles. The van der Waals surface area contributed by atoms with Crippen LogP contribution in [-0.4, -0.2) is 34.8 Å². The number of H-pyrrole nitrogens is 1. The molecule has 0 atom stereocenters. The first-order valence-corrected chi connectivity index (χ1v) is 10.9. The monoisotopic (exact) mass is 426 g/mol. The Bertz CT molecular complexity index is 1370. The highest BCUT2D eigenvalue weighted by atomic mass is 32.2. The molecule has 0 aliphatic carbocycles. The van der Waals surface area contributed by atoms with Gasteiger partial charge in [-0.1, -0.05) is 6.07 Å². The fourth-order valence-corrected chi connectivity index (χ4v) is 4.15. The minimum Gasteiger partial charge on any atom is -0.324 e. The first kappa shape index (κ1) is 19.8. The lowest BCUT2D eigenvalue weighted by atomic mass is 10.1. The maximum Gasteiger partial charge on any atom is 0.229 e. The Hall–Kier alpha value is -3.53. The number of hydrogen-bond donors (Lipinski definition) is 3. The summed E-state index contributed by atoms with van der Waals surface area (Å²) in [4.78, 5) is 8.84. The molecule has 2 heterocycles. The van der Waals surface area contributed by atoms with Gasteiger partial charge in [-0.3, -0.25) is 5.10 Å². The molecule has 4 rings (SSSR count). The lowest BCUT2D eigenvalue weighted by molar-refractivity contribution is 0.601. The fourth-order valence-electron chi connectivity index (χ4n) is 3.18. The summed E-state index contributed by atoms with van der Waals surface area (Å²) in [5.41, 5.74) is 2.81. The average molecular weight is 426 g/mol. The topological polar surface area (TPSA) is 113 Å². The van der Waals surface area contributed by atoms with Crippen LogP contribution < -0.4 is 10.6 Å². The number of anilines is 4. The molecule has 154 valence electrons. The maximum atomic E-state index is 13.6. The van der Waals surface area contributed by atoms with Gasteiger partial charge >= 0.3 is 0 Å². The van der Waals surface area contributed by atoms with Crippen molar-refractivity contribution in [3.05, 3.63) is 59.5 Å². The molecule has 0 spiro atoms. The van der Waals surface area contributed by atoms with Crippen molar-refractivity contribution in [1.82, 2.24) is 20.2 Å². The van der Waals surface area contributed by atoms with E-state index in [2.05, 4.69) is 30.8 Å². The second kappa shape index (κ2) is 7.38. The predicted octanol–water partition coefficient (Wildman–Crippen LogP) is 4.00. The van der Waals surface area contributed by atoms with Crippen LogP contribution in [0.3, 0.4) is 0 Å². The van der Waals surface area contributed by atoms with Gasteiger partial charge in [-0.25, -0.2) is 17.8 Å². The van der Waals surface area contributed by atoms with Crippen LogP contribution in [-0.2, 0) is 9.84 Å². The Balaban J connectivity index is 1.64. The van der Waals surface area contributed by atoms with Crippen LogP contribution in [0.2, 0.25) is 0 Å². The third-order valence-electron chi connectivity index (χ3n) is 4.59. The van der Waals surface area contributed by atoms with Gasteiger partial charge in [0.25, 0.3) is 0 Å². The van der Waals surface area contributed by atoms with Gasteiger partial charge in [0.2, 0.25) is 5.95 Å². The van der Waals surface area contributed by atoms with Crippen molar-refractivity contribution in [3.8, 4) is 0 Å². The molecule has 4 aromatic rings. The summed E-state index contributed by atoms with van der Waals surface area (Å²) in [7, 11) is -3.37. The number of nitrogens with zero attached hydrogens (tertiary/aromatic N) is 3. The Morgan fingerprint density at radius 3 is 2.60 bits per heavy atom. The van der Waals surface area contributed by atoms with E-state index >= 15 is 0 Å². The first-order valence-electron chi connectivity index (χ1n) is 9.03. The van der Waals surface area contributed by atoms with Crippen LogP contribution in [0.1, 0.15) is 11.1 Å². The zero-order valence-electron chi connectivity index (χ0n) is 16.5. The van der Waals surface area contributed by atoms with E-state index in [9.17, 15) is 12.8 Å². The van der Waals surface area contributed by atoms with E-state index in [1.807, 2.05) is 6.92 Å². The predicted molar refractivity (Wildman–Crippen MR) is 114 cm³/mol. The standard InChI is InChI=1S/C20H19FN6O2S/c1-11-8-12(2)17(30(3,28)29)10-16(11)23-20-22-7-6-18(25-20)24-19-14-9-13(21)4-5-15(14)26-27-19/h4-10H,1-3H3,(H3,22,23,24,25,26,27). The van der Waals surface area contributed by atoms with E-state index in [0.717, 1.165) is 5.56 Å². The molecular weight excluding hydrogens is 407 g/mol. The van der Waals surface area contributed by atoms with Gasteiger partial charge in [-0.15, -0.1) is 0 Å². The van der Waals surface area contributed by atoms with Crippen molar-refractivity contribution in [2.75, 3.05) is 16.9 Å². The lowest BCUT2D eigenvalue weighted by Gasteiger charge is -2.13. The van der Waals surface area contributed by atoms with Crippen LogP contribution in [0.15, 0.2) is 47.5 Å². The van der Waals surface area contributed by atoms with E-state index in [1.165, 1.54) is 18.4 Å². The molecule has 0 radical (unpaired) electrons. The van der Waals surface area contributed by atoms with Gasteiger partial charge in [0, 0.05) is 23.5 Å².